The smallest absolute Gasteiger partial charge is 0.160 e. The van der Waals surface area contributed by atoms with Crippen LogP contribution in [0.1, 0.15) is 0 Å². The molecule has 0 saturated carbocycles. The number of hydrogen-bond donors (Lipinski definition) is 0. The predicted molar refractivity (Wildman–Crippen MR) is 206 cm³/mol. The molecule has 2 aromatic heterocycles. The van der Waals surface area contributed by atoms with Crippen molar-refractivity contribution in [2.45, 2.75) is 0 Å². The molecular formula is C46H27N3O3. The Morgan fingerprint density at radius 3 is 1.77 bits per heavy atom. The van der Waals surface area contributed by atoms with Gasteiger partial charge in [0.15, 0.2) is 28.8 Å². The molecule has 6 heteroatoms. The van der Waals surface area contributed by atoms with Gasteiger partial charge in [0.2, 0.25) is 0 Å². The second-order valence-corrected chi connectivity index (χ2v) is 13.0. The number of benzene rings is 7. The van der Waals surface area contributed by atoms with Crippen LogP contribution in [0.25, 0.3) is 67.0 Å². The summed E-state index contributed by atoms with van der Waals surface area (Å²) < 4.78 is 19.6. The number of ether oxygens (including phenoxy) is 2. The van der Waals surface area contributed by atoms with Crippen molar-refractivity contribution >= 4 is 39.0 Å². The quantitative estimate of drug-likeness (QED) is 0.186. The number of nitrogens with zero attached hydrogens (tertiary/aromatic N) is 3. The van der Waals surface area contributed by atoms with Crippen molar-refractivity contribution in [2.24, 2.45) is 0 Å². The maximum atomic E-state index is 6.56. The van der Waals surface area contributed by atoms with E-state index in [-0.39, 0.29) is 0 Å². The highest BCUT2D eigenvalue weighted by molar-refractivity contribution is 6.13. The zero-order valence-electron chi connectivity index (χ0n) is 27.7. The van der Waals surface area contributed by atoms with E-state index in [0.29, 0.717) is 5.82 Å². The maximum absolute atomic E-state index is 6.56. The van der Waals surface area contributed by atoms with Crippen LogP contribution in [0.15, 0.2) is 168 Å². The van der Waals surface area contributed by atoms with Crippen LogP contribution in [-0.4, -0.2) is 9.97 Å². The first kappa shape index (κ1) is 28.6. The molecule has 0 amide bonds. The van der Waals surface area contributed by atoms with E-state index in [1.807, 2.05) is 103 Å². The van der Waals surface area contributed by atoms with E-state index in [4.69, 9.17) is 23.9 Å². The molecule has 0 radical (unpaired) electrons. The van der Waals surface area contributed by atoms with Crippen LogP contribution >= 0.6 is 0 Å². The number of hydrogen-bond acceptors (Lipinski definition) is 6. The Morgan fingerprint density at radius 2 is 1.06 bits per heavy atom. The van der Waals surface area contributed by atoms with Gasteiger partial charge in [0.05, 0.1) is 22.8 Å². The summed E-state index contributed by atoms with van der Waals surface area (Å²) in [5.41, 5.74) is 11.1. The van der Waals surface area contributed by atoms with Gasteiger partial charge >= 0.3 is 0 Å². The third-order valence-corrected chi connectivity index (χ3v) is 9.85. The van der Waals surface area contributed by atoms with E-state index in [1.165, 1.54) is 0 Å². The van der Waals surface area contributed by atoms with Crippen molar-refractivity contribution in [2.75, 3.05) is 4.90 Å². The lowest BCUT2D eigenvalue weighted by Crippen LogP contribution is -2.20. The topological polar surface area (TPSA) is 60.6 Å². The van der Waals surface area contributed by atoms with Crippen LogP contribution in [0.2, 0.25) is 0 Å². The third-order valence-electron chi connectivity index (χ3n) is 9.85. The molecule has 0 saturated heterocycles. The molecule has 52 heavy (non-hydrogen) atoms. The highest BCUT2D eigenvalue weighted by Crippen LogP contribution is 2.60. The van der Waals surface area contributed by atoms with E-state index >= 15 is 0 Å². The van der Waals surface area contributed by atoms with Crippen LogP contribution in [0.3, 0.4) is 0 Å². The summed E-state index contributed by atoms with van der Waals surface area (Å²) >= 11 is 0. The summed E-state index contributed by atoms with van der Waals surface area (Å²) in [6.07, 6.45) is 0. The third kappa shape index (κ3) is 4.44. The summed E-state index contributed by atoms with van der Waals surface area (Å²) in [6, 6.07) is 55.4. The molecule has 0 aliphatic carbocycles. The molecular weight excluding hydrogens is 643 g/mol. The predicted octanol–water partition coefficient (Wildman–Crippen LogP) is 12.7. The average molecular weight is 670 g/mol. The van der Waals surface area contributed by atoms with E-state index < -0.39 is 0 Å². The summed E-state index contributed by atoms with van der Waals surface area (Å²) in [7, 11) is 0. The van der Waals surface area contributed by atoms with Crippen molar-refractivity contribution in [3.8, 4) is 68.0 Å². The number of para-hydroxylation sites is 4. The summed E-state index contributed by atoms with van der Waals surface area (Å²) in [6.45, 7) is 0. The Kier molecular flexibility index (Phi) is 6.15. The van der Waals surface area contributed by atoms with Crippen molar-refractivity contribution in [3.63, 3.8) is 0 Å². The zero-order valence-corrected chi connectivity index (χ0v) is 27.7. The van der Waals surface area contributed by atoms with Gasteiger partial charge in [-0.05, 0) is 71.8 Å². The normalized spacial score (nSPS) is 12.5. The van der Waals surface area contributed by atoms with Crippen molar-refractivity contribution in [1.29, 1.82) is 0 Å². The van der Waals surface area contributed by atoms with Crippen LogP contribution in [0.4, 0.5) is 17.1 Å². The minimum Gasteiger partial charge on any atom is -0.456 e. The Hall–Kier alpha value is -7.18. The molecule has 7 aromatic carbocycles. The second kappa shape index (κ2) is 11.2. The Balaban J connectivity index is 1.09. The van der Waals surface area contributed by atoms with Gasteiger partial charge in [-0.2, -0.15) is 0 Å². The van der Waals surface area contributed by atoms with Gasteiger partial charge in [0.25, 0.3) is 0 Å². The molecule has 2 aliphatic rings. The van der Waals surface area contributed by atoms with Gasteiger partial charge in [0, 0.05) is 27.5 Å². The first-order valence-electron chi connectivity index (χ1n) is 17.2. The molecule has 11 rings (SSSR count). The van der Waals surface area contributed by atoms with E-state index in [9.17, 15) is 0 Å². The lowest BCUT2D eigenvalue weighted by atomic mass is 9.97. The lowest BCUT2D eigenvalue weighted by molar-refractivity contribution is 0.446. The first-order valence-corrected chi connectivity index (χ1v) is 17.2. The standard InChI is InChI=1S/C46H27N3O3/c1-3-12-28(13-4-1)34-27-35(48-46(47-34)29-14-5-2-6-15-29)32-16-11-21-41-44(32)33-24-30(22-23-38(33)50-41)31-25-42-45-43(26-31)52-40-20-10-8-18-37(40)49(45)36-17-7-9-19-39(36)51-42/h1-27H. The Labute approximate surface area is 298 Å². The van der Waals surface area contributed by atoms with Gasteiger partial charge in [-0.1, -0.05) is 103 Å². The van der Waals surface area contributed by atoms with Gasteiger partial charge in [-0.25, -0.2) is 9.97 Å². The molecule has 244 valence electrons. The fourth-order valence-electron chi connectivity index (χ4n) is 7.47. The molecule has 0 spiro atoms. The van der Waals surface area contributed by atoms with E-state index in [2.05, 4.69) is 65.6 Å². The van der Waals surface area contributed by atoms with Crippen molar-refractivity contribution in [1.82, 2.24) is 9.97 Å². The molecule has 0 unspecified atom stereocenters. The van der Waals surface area contributed by atoms with Crippen LogP contribution in [0.5, 0.6) is 23.0 Å². The highest BCUT2D eigenvalue weighted by atomic mass is 16.5. The minimum absolute atomic E-state index is 0.669. The van der Waals surface area contributed by atoms with Gasteiger partial charge in [0.1, 0.15) is 16.9 Å². The molecule has 6 nitrogen and oxygen atoms in total. The molecule has 0 atom stereocenters. The highest BCUT2D eigenvalue weighted by Gasteiger charge is 2.35. The fourth-order valence-corrected chi connectivity index (χ4v) is 7.47. The number of anilines is 3. The lowest BCUT2D eigenvalue weighted by Gasteiger charge is -2.38. The number of rotatable bonds is 4. The van der Waals surface area contributed by atoms with Crippen LogP contribution < -0.4 is 14.4 Å². The zero-order chi connectivity index (χ0) is 34.2. The number of aromatic nitrogens is 2. The van der Waals surface area contributed by atoms with Gasteiger partial charge in [-0.15, -0.1) is 0 Å². The van der Waals surface area contributed by atoms with E-state index in [0.717, 1.165) is 101 Å². The summed E-state index contributed by atoms with van der Waals surface area (Å²) in [4.78, 5) is 12.4. The van der Waals surface area contributed by atoms with Crippen LogP contribution in [0, 0.1) is 0 Å². The molecule has 2 aliphatic heterocycles. The number of fused-ring (bicyclic) bond motifs is 7. The molecule has 0 fully saturated rings. The van der Waals surface area contributed by atoms with Crippen molar-refractivity contribution in [3.05, 3.63) is 164 Å². The molecule has 9 aromatic rings. The number of furan rings is 1. The summed E-state index contributed by atoms with van der Waals surface area (Å²) in [5.74, 6) is 3.74. The average Bonchev–Trinajstić information content (AvgIpc) is 3.59. The first-order chi connectivity index (χ1) is 25.7. The molecule has 0 bridgehead atoms. The van der Waals surface area contributed by atoms with Gasteiger partial charge < -0.3 is 13.9 Å². The maximum Gasteiger partial charge on any atom is 0.160 e. The molecule has 0 N–H and O–H groups in total. The monoisotopic (exact) mass is 669 g/mol. The largest absolute Gasteiger partial charge is 0.456 e. The Morgan fingerprint density at radius 1 is 0.423 bits per heavy atom. The summed E-state index contributed by atoms with van der Waals surface area (Å²) in [5, 5.41) is 1.99. The fraction of sp³-hybridized carbons (Fsp3) is 0. The van der Waals surface area contributed by atoms with Crippen LogP contribution in [-0.2, 0) is 0 Å². The van der Waals surface area contributed by atoms with Gasteiger partial charge in [-0.3, -0.25) is 4.90 Å². The molecule has 4 heterocycles. The Bertz CT molecular complexity index is 2740. The van der Waals surface area contributed by atoms with E-state index in [1.54, 1.807) is 0 Å². The SMILES string of the molecule is c1ccc(-c2cc(-c3cccc4oc5ccc(-c6cc7c8c(c6)Oc6ccccc6N8c6ccccc6O7)cc5c34)nc(-c3ccccc3)n2)cc1. The second-order valence-electron chi connectivity index (χ2n) is 13.0. The minimum atomic E-state index is 0.669. The van der Waals surface area contributed by atoms with Crippen molar-refractivity contribution < 1.29 is 13.9 Å².